The van der Waals surface area contributed by atoms with Crippen molar-refractivity contribution in [3.63, 3.8) is 0 Å². The van der Waals surface area contributed by atoms with Crippen LogP contribution in [0.2, 0.25) is 0 Å². The van der Waals surface area contributed by atoms with Crippen molar-refractivity contribution < 1.29 is 9.53 Å². The topological polar surface area (TPSA) is 38.3 Å². The minimum atomic E-state index is -0.0578. The summed E-state index contributed by atoms with van der Waals surface area (Å²) in [4.78, 5) is 12.0. The summed E-state index contributed by atoms with van der Waals surface area (Å²) in [6, 6.07) is 14.8. The van der Waals surface area contributed by atoms with Gasteiger partial charge in [0.1, 0.15) is 5.75 Å². The van der Waals surface area contributed by atoms with Crippen molar-refractivity contribution in [2.75, 3.05) is 11.9 Å². The van der Waals surface area contributed by atoms with Crippen molar-refractivity contribution in [3.8, 4) is 5.75 Å². The second kappa shape index (κ2) is 7.64. The Morgan fingerprint density at radius 2 is 1.90 bits per heavy atom. The van der Waals surface area contributed by atoms with E-state index in [1.54, 1.807) is 30.5 Å². The lowest BCUT2D eigenvalue weighted by atomic mass is 10.1. The fraction of sp³-hybridized carbons (Fsp3) is 0.118. The molecule has 0 spiro atoms. The molecule has 0 heterocycles. The van der Waals surface area contributed by atoms with Gasteiger partial charge in [0.15, 0.2) is 5.78 Å². The second-order valence-electron chi connectivity index (χ2n) is 4.28. The maximum atomic E-state index is 12.0. The molecule has 0 aliphatic carbocycles. The first-order valence-corrected chi connectivity index (χ1v) is 7.45. The third-order valence-electron chi connectivity index (χ3n) is 2.80. The summed E-state index contributed by atoms with van der Waals surface area (Å²) >= 11 is 3.44. The fourth-order valence-corrected chi connectivity index (χ4v) is 2.16. The molecule has 4 heteroatoms. The van der Waals surface area contributed by atoms with Crippen LogP contribution in [-0.4, -0.2) is 12.4 Å². The van der Waals surface area contributed by atoms with Gasteiger partial charge in [-0.3, -0.25) is 4.79 Å². The van der Waals surface area contributed by atoms with E-state index >= 15 is 0 Å². The van der Waals surface area contributed by atoms with Crippen molar-refractivity contribution in [2.45, 2.75) is 6.92 Å². The number of halogens is 1. The van der Waals surface area contributed by atoms with Crippen molar-refractivity contribution in [1.82, 2.24) is 0 Å². The van der Waals surface area contributed by atoms with E-state index in [0.717, 1.165) is 15.9 Å². The summed E-state index contributed by atoms with van der Waals surface area (Å²) < 4.78 is 6.29. The van der Waals surface area contributed by atoms with Crippen LogP contribution in [0, 0.1) is 0 Å². The third kappa shape index (κ3) is 4.46. The number of anilines is 1. The Bertz CT molecular complexity index is 635. The number of hydrogen-bond acceptors (Lipinski definition) is 3. The summed E-state index contributed by atoms with van der Waals surface area (Å²) in [6.07, 6.45) is 3.15. The highest BCUT2D eigenvalue weighted by Crippen LogP contribution is 2.21. The number of rotatable bonds is 6. The average Bonchev–Trinajstić information content (AvgIpc) is 2.50. The van der Waals surface area contributed by atoms with Crippen molar-refractivity contribution in [3.05, 3.63) is 70.8 Å². The van der Waals surface area contributed by atoms with Gasteiger partial charge in [-0.25, -0.2) is 0 Å². The fourth-order valence-electron chi connectivity index (χ4n) is 1.76. The molecule has 2 aromatic carbocycles. The molecule has 3 nitrogen and oxygen atoms in total. The second-order valence-corrected chi connectivity index (χ2v) is 5.13. The molecule has 0 aliphatic rings. The van der Waals surface area contributed by atoms with Gasteiger partial charge in [-0.1, -0.05) is 12.1 Å². The van der Waals surface area contributed by atoms with Gasteiger partial charge in [-0.2, -0.15) is 0 Å². The summed E-state index contributed by atoms with van der Waals surface area (Å²) in [5.74, 6) is 0.710. The number of ketones is 1. The number of carbonyl (C=O) groups excluding carboxylic acids is 1. The predicted octanol–water partition coefficient (Wildman–Crippen LogP) is 4.66. The van der Waals surface area contributed by atoms with E-state index in [-0.39, 0.29) is 5.78 Å². The van der Waals surface area contributed by atoms with Gasteiger partial charge in [0, 0.05) is 22.3 Å². The molecule has 0 aliphatic heterocycles. The number of benzene rings is 2. The molecule has 2 rings (SSSR count). The predicted molar refractivity (Wildman–Crippen MR) is 88.8 cm³/mol. The molecule has 0 saturated heterocycles. The Morgan fingerprint density at radius 3 is 2.57 bits per heavy atom. The van der Waals surface area contributed by atoms with E-state index < -0.39 is 0 Å². The first-order chi connectivity index (χ1) is 10.2. The van der Waals surface area contributed by atoms with Crippen LogP contribution in [0.25, 0.3) is 0 Å². The molecular formula is C17H16BrNO2. The average molecular weight is 346 g/mol. The number of allylic oxidation sites excluding steroid dienone is 1. The van der Waals surface area contributed by atoms with E-state index in [0.29, 0.717) is 12.2 Å². The van der Waals surface area contributed by atoms with Crippen LogP contribution in [0.5, 0.6) is 5.75 Å². The Morgan fingerprint density at radius 1 is 1.19 bits per heavy atom. The number of hydrogen-bond donors (Lipinski definition) is 1. The summed E-state index contributed by atoms with van der Waals surface area (Å²) in [7, 11) is 0. The van der Waals surface area contributed by atoms with Crippen LogP contribution in [0.15, 0.2) is 65.3 Å². The molecule has 108 valence electrons. The van der Waals surface area contributed by atoms with Gasteiger partial charge in [0.2, 0.25) is 0 Å². The van der Waals surface area contributed by atoms with Gasteiger partial charge in [-0.15, -0.1) is 0 Å². The smallest absolute Gasteiger partial charge is 0.187 e. The van der Waals surface area contributed by atoms with Gasteiger partial charge in [0.25, 0.3) is 0 Å². The van der Waals surface area contributed by atoms with Crippen molar-refractivity contribution >= 4 is 27.4 Å². The number of nitrogens with one attached hydrogen (secondary N) is 1. The molecule has 0 aromatic heterocycles. The molecule has 0 amide bonds. The molecule has 0 bridgehead atoms. The zero-order chi connectivity index (χ0) is 15.1. The summed E-state index contributed by atoms with van der Waals surface area (Å²) in [5, 5.41) is 3.07. The first-order valence-electron chi connectivity index (χ1n) is 6.65. The Kier molecular flexibility index (Phi) is 5.58. The van der Waals surface area contributed by atoms with Crippen LogP contribution in [0.4, 0.5) is 5.69 Å². The largest absolute Gasteiger partial charge is 0.494 e. The van der Waals surface area contributed by atoms with E-state index in [4.69, 9.17) is 4.74 Å². The normalized spacial score (nSPS) is 10.6. The highest BCUT2D eigenvalue weighted by molar-refractivity contribution is 9.10. The van der Waals surface area contributed by atoms with Gasteiger partial charge in [-0.05, 0) is 59.3 Å². The maximum absolute atomic E-state index is 12.0. The maximum Gasteiger partial charge on any atom is 0.187 e. The lowest BCUT2D eigenvalue weighted by Crippen LogP contribution is -1.97. The SMILES string of the molecule is CCOc1ccc(C(=O)/C=C/Nc2ccccc2Br)cc1. The van der Waals surface area contributed by atoms with E-state index in [1.807, 2.05) is 31.2 Å². The molecule has 2 aromatic rings. The minimum Gasteiger partial charge on any atom is -0.494 e. The highest BCUT2D eigenvalue weighted by atomic mass is 79.9. The van der Waals surface area contributed by atoms with Gasteiger partial charge < -0.3 is 10.1 Å². The van der Waals surface area contributed by atoms with E-state index in [2.05, 4.69) is 21.2 Å². The zero-order valence-corrected chi connectivity index (χ0v) is 13.3. The van der Waals surface area contributed by atoms with Crippen LogP contribution in [-0.2, 0) is 0 Å². The van der Waals surface area contributed by atoms with E-state index in [9.17, 15) is 4.79 Å². The molecule has 21 heavy (non-hydrogen) atoms. The monoisotopic (exact) mass is 345 g/mol. The van der Waals surface area contributed by atoms with Crippen molar-refractivity contribution in [1.29, 1.82) is 0 Å². The quantitative estimate of drug-likeness (QED) is 0.611. The summed E-state index contributed by atoms with van der Waals surface area (Å²) in [6.45, 7) is 2.54. The molecule has 0 atom stereocenters. The van der Waals surface area contributed by atoms with Gasteiger partial charge >= 0.3 is 0 Å². The Labute approximate surface area is 132 Å². The van der Waals surface area contributed by atoms with Crippen molar-refractivity contribution in [2.24, 2.45) is 0 Å². The van der Waals surface area contributed by atoms with E-state index in [1.165, 1.54) is 6.08 Å². The standard InChI is InChI=1S/C17H16BrNO2/c1-2-21-14-9-7-13(8-10-14)17(20)11-12-19-16-6-4-3-5-15(16)18/h3-12,19H,2H2,1H3/b12-11+. The Hall–Kier alpha value is -2.07. The Balaban J connectivity index is 1.97. The first kappa shape index (κ1) is 15.3. The molecule has 1 N–H and O–H groups in total. The summed E-state index contributed by atoms with van der Waals surface area (Å²) in [5.41, 5.74) is 1.54. The zero-order valence-electron chi connectivity index (χ0n) is 11.7. The van der Waals surface area contributed by atoms with Gasteiger partial charge in [0.05, 0.1) is 12.3 Å². The number of ether oxygens (including phenoxy) is 1. The lowest BCUT2D eigenvalue weighted by Gasteiger charge is -2.04. The van der Waals surface area contributed by atoms with Crippen LogP contribution >= 0.6 is 15.9 Å². The molecule has 0 radical (unpaired) electrons. The van der Waals surface area contributed by atoms with Crippen LogP contribution in [0.1, 0.15) is 17.3 Å². The minimum absolute atomic E-state index is 0.0578. The number of para-hydroxylation sites is 1. The number of carbonyl (C=O) groups is 1. The van der Waals surface area contributed by atoms with Crippen LogP contribution < -0.4 is 10.1 Å². The van der Waals surface area contributed by atoms with Crippen LogP contribution in [0.3, 0.4) is 0 Å². The molecule has 0 saturated carbocycles. The highest BCUT2D eigenvalue weighted by Gasteiger charge is 2.02. The lowest BCUT2D eigenvalue weighted by molar-refractivity contribution is 0.104. The molecular weight excluding hydrogens is 330 g/mol. The third-order valence-corrected chi connectivity index (χ3v) is 3.49. The molecule has 0 unspecified atom stereocenters. The molecule has 0 fully saturated rings.